The standard InChI is InChI=1S/C29H40N2O3/c1-6-31(24-9-11-34-12-10-24)27-16-22(23-17-30(5)18-23)15-26(21(27)4)28(32)8-7-25-20(3)13-19(2)14-29(25)33/h13,15-16,23-24H,6-12,14,17-18H2,1-5H3. The van der Waals surface area contributed by atoms with Crippen LogP contribution in [0.4, 0.5) is 5.69 Å². The molecule has 184 valence electrons. The first-order valence-corrected chi connectivity index (χ1v) is 12.9. The summed E-state index contributed by atoms with van der Waals surface area (Å²) in [6.45, 7) is 12.9. The van der Waals surface area contributed by atoms with E-state index in [9.17, 15) is 9.59 Å². The second-order valence-electron chi connectivity index (χ2n) is 10.4. The summed E-state index contributed by atoms with van der Waals surface area (Å²) in [7, 11) is 2.14. The van der Waals surface area contributed by atoms with E-state index in [1.807, 2.05) is 13.8 Å². The number of hydrogen-bond donors (Lipinski definition) is 0. The summed E-state index contributed by atoms with van der Waals surface area (Å²) in [6, 6.07) is 4.93. The van der Waals surface area contributed by atoms with Crippen LogP contribution in [0.5, 0.6) is 0 Å². The Morgan fingerprint density at radius 1 is 1.15 bits per heavy atom. The molecular weight excluding hydrogens is 424 g/mol. The maximum absolute atomic E-state index is 13.6. The minimum absolute atomic E-state index is 0.149. The van der Waals surface area contributed by atoms with Crippen LogP contribution in [0.3, 0.4) is 0 Å². The number of rotatable bonds is 8. The highest BCUT2D eigenvalue weighted by molar-refractivity contribution is 6.02. The lowest BCUT2D eigenvalue weighted by molar-refractivity contribution is -0.115. The van der Waals surface area contributed by atoms with Gasteiger partial charge in [0.05, 0.1) is 0 Å². The highest BCUT2D eigenvalue weighted by atomic mass is 16.5. The number of Topliss-reactive ketones (excluding diaryl/α,β-unsaturated/α-hetero) is 2. The average Bonchev–Trinajstić information content (AvgIpc) is 2.78. The van der Waals surface area contributed by atoms with Crippen LogP contribution in [0.2, 0.25) is 0 Å². The molecule has 1 aliphatic carbocycles. The Hall–Kier alpha value is -2.24. The van der Waals surface area contributed by atoms with E-state index in [0.29, 0.717) is 31.2 Å². The van der Waals surface area contributed by atoms with Crippen LogP contribution in [0.1, 0.15) is 80.3 Å². The Morgan fingerprint density at radius 3 is 2.47 bits per heavy atom. The molecule has 0 spiro atoms. The van der Waals surface area contributed by atoms with Crippen molar-refractivity contribution in [2.45, 2.75) is 71.8 Å². The van der Waals surface area contributed by atoms with Gasteiger partial charge in [0.15, 0.2) is 11.6 Å². The molecule has 2 fully saturated rings. The number of anilines is 1. The normalized spacial score (nSPS) is 20.4. The number of allylic oxidation sites excluding steroid dienone is 4. The molecule has 0 bridgehead atoms. The molecule has 0 unspecified atom stereocenters. The summed E-state index contributed by atoms with van der Waals surface area (Å²) in [5.41, 5.74) is 7.33. The van der Waals surface area contributed by atoms with Crippen molar-refractivity contribution in [2.75, 3.05) is 44.8 Å². The zero-order valence-corrected chi connectivity index (χ0v) is 21.6. The fourth-order valence-electron chi connectivity index (χ4n) is 5.87. The van der Waals surface area contributed by atoms with Gasteiger partial charge in [0, 0.05) is 68.9 Å². The van der Waals surface area contributed by atoms with E-state index < -0.39 is 0 Å². The van der Waals surface area contributed by atoms with Crippen LogP contribution in [-0.2, 0) is 9.53 Å². The Kier molecular flexibility index (Phi) is 7.73. The van der Waals surface area contributed by atoms with Crippen molar-refractivity contribution in [3.05, 3.63) is 51.6 Å². The monoisotopic (exact) mass is 464 g/mol. The van der Waals surface area contributed by atoms with E-state index in [2.05, 4.69) is 48.9 Å². The Morgan fingerprint density at radius 2 is 1.85 bits per heavy atom. The summed E-state index contributed by atoms with van der Waals surface area (Å²) in [4.78, 5) is 31.0. The van der Waals surface area contributed by atoms with Gasteiger partial charge in [-0.05, 0) is 88.4 Å². The largest absolute Gasteiger partial charge is 0.381 e. The first kappa shape index (κ1) is 24.9. The van der Waals surface area contributed by atoms with Crippen molar-refractivity contribution in [3.8, 4) is 0 Å². The summed E-state index contributed by atoms with van der Waals surface area (Å²) in [5, 5.41) is 0. The summed E-state index contributed by atoms with van der Waals surface area (Å²) in [6.07, 6.45) is 5.51. The van der Waals surface area contributed by atoms with Gasteiger partial charge in [-0.1, -0.05) is 11.6 Å². The van der Waals surface area contributed by atoms with Gasteiger partial charge in [0.1, 0.15) is 0 Å². The smallest absolute Gasteiger partial charge is 0.163 e. The fraction of sp³-hybridized carbons (Fsp3) is 0.586. The van der Waals surface area contributed by atoms with Gasteiger partial charge in [0.2, 0.25) is 0 Å². The molecule has 1 aromatic carbocycles. The lowest BCUT2D eigenvalue weighted by Gasteiger charge is -2.39. The van der Waals surface area contributed by atoms with E-state index in [-0.39, 0.29) is 11.6 Å². The van der Waals surface area contributed by atoms with Crippen LogP contribution < -0.4 is 4.90 Å². The van der Waals surface area contributed by atoms with Gasteiger partial charge in [-0.2, -0.15) is 0 Å². The summed E-state index contributed by atoms with van der Waals surface area (Å²) in [5.74, 6) is 0.795. The molecule has 0 N–H and O–H groups in total. The third-order valence-electron chi connectivity index (χ3n) is 7.84. The molecule has 2 heterocycles. The topological polar surface area (TPSA) is 49.9 Å². The molecule has 0 amide bonds. The number of carbonyl (C=O) groups excluding carboxylic acids is 2. The molecule has 4 rings (SSSR count). The predicted molar refractivity (Wildman–Crippen MR) is 138 cm³/mol. The van der Waals surface area contributed by atoms with Gasteiger partial charge >= 0.3 is 0 Å². The highest BCUT2D eigenvalue weighted by Gasteiger charge is 2.30. The molecule has 2 saturated heterocycles. The highest BCUT2D eigenvalue weighted by Crippen LogP contribution is 2.36. The Bertz CT molecular complexity index is 1010. The zero-order valence-electron chi connectivity index (χ0n) is 21.6. The molecule has 0 radical (unpaired) electrons. The van der Waals surface area contributed by atoms with Crippen LogP contribution in [0, 0.1) is 6.92 Å². The number of ether oxygens (including phenoxy) is 1. The molecule has 2 aliphatic heterocycles. The first-order valence-electron chi connectivity index (χ1n) is 12.9. The van der Waals surface area contributed by atoms with Crippen molar-refractivity contribution in [1.82, 2.24) is 4.90 Å². The second-order valence-corrected chi connectivity index (χ2v) is 10.4. The maximum Gasteiger partial charge on any atom is 0.163 e. The zero-order chi connectivity index (χ0) is 24.4. The van der Waals surface area contributed by atoms with E-state index >= 15 is 0 Å². The number of likely N-dealkylation sites (tertiary alicyclic amines) is 1. The third-order valence-corrected chi connectivity index (χ3v) is 7.84. The number of hydrogen-bond acceptors (Lipinski definition) is 5. The van der Waals surface area contributed by atoms with Crippen LogP contribution in [-0.4, -0.2) is 62.4 Å². The maximum atomic E-state index is 13.6. The number of likely N-dealkylation sites (N-methyl/N-ethyl adjacent to an activating group) is 1. The number of nitrogens with zero attached hydrogens (tertiary/aromatic N) is 2. The Labute approximate surface area is 204 Å². The average molecular weight is 465 g/mol. The number of ketones is 2. The second kappa shape index (κ2) is 10.6. The molecule has 0 aromatic heterocycles. The van der Waals surface area contributed by atoms with Gasteiger partial charge in [-0.15, -0.1) is 0 Å². The van der Waals surface area contributed by atoms with Crippen molar-refractivity contribution >= 4 is 17.3 Å². The molecule has 0 saturated carbocycles. The van der Waals surface area contributed by atoms with E-state index in [1.165, 1.54) is 11.3 Å². The van der Waals surface area contributed by atoms with Gasteiger partial charge < -0.3 is 14.5 Å². The molecule has 34 heavy (non-hydrogen) atoms. The van der Waals surface area contributed by atoms with Crippen molar-refractivity contribution < 1.29 is 14.3 Å². The lowest BCUT2D eigenvalue weighted by Crippen LogP contribution is -2.42. The van der Waals surface area contributed by atoms with Crippen molar-refractivity contribution in [1.29, 1.82) is 0 Å². The molecular formula is C29H40N2O3. The minimum atomic E-state index is 0.149. The molecule has 5 heteroatoms. The Balaban J connectivity index is 1.63. The molecule has 0 atom stereocenters. The van der Waals surface area contributed by atoms with Crippen molar-refractivity contribution in [2.24, 2.45) is 0 Å². The van der Waals surface area contributed by atoms with Gasteiger partial charge in [0.25, 0.3) is 0 Å². The minimum Gasteiger partial charge on any atom is -0.381 e. The van der Waals surface area contributed by atoms with E-state index in [4.69, 9.17) is 4.74 Å². The summed E-state index contributed by atoms with van der Waals surface area (Å²) >= 11 is 0. The molecule has 5 nitrogen and oxygen atoms in total. The summed E-state index contributed by atoms with van der Waals surface area (Å²) < 4.78 is 5.61. The first-order chi connectivity index (χ1) is 16.3. The van der Waals surface area contributed by atoms with Crippen LogP contribution >= 0.6 is 0 Å². The fourth-order valence-corrected chi connectivity index (χ4v) is 5.87. The van der Waals surface area contributed by atoms with Gasteiger partial charge in [-0.25, -0.2) is 0 Å². The third kappa shape index (κ3) is 5.21. The number of benzene rings is 1. The van der Waals surface area contributed by atoms with E-state index in [0.717, 1.165) is 73.5 Å². The molecule has 1 aromatic rings. The lowest BCUT2D eigenvalue weighted by atomic mass is 9.85. The SMILES string of the molecule is CCN(c1cc(C2CN(C)C2)cc(C(=O)CCC2=C(C)C=C(C)CC2=O)c1C)C1CCOCC1. The molecule has 3 aliphatic rings. The van der Waals surface area contributed by atoms with E-state index in [1.54, 1.807) is 0 Å². The predicted octanol–water partition coefficient (Wildman–Crippen LogP) is 5.23. The van der Waals surface area contributed by atoms with Crippen LogP contribution in [0.25, 0.3) is 0 Å². The van der Waals surface area contributed by atoms with Gasteiger partial charge in [-0.3, -0.25) is 9.59 Å². The number of carbonyl (C=O) groups is 2. The van der Waals surface area contributed by atoms with Crippen molar-refractivity contribution in [3.63, 3.8) is 0 Å². The van der Waals surface area contributed by atoms with Crippen LogP contribution in [0.15, 0.2) is 34.9 Å². The quantitative estimate of drug-likeness (QED) is 0.493.